The van der Waals surface area contributed by atoms with Crippen LogP contribution in [0.4, 0.5) is 0 Å². The molecule has 0 saturated carbocycles. The lowest BCUT2D eigenvalue weighted by atomic mass is 9.85. The lowest BCUT2D eigenvalue weighted by Crippen LogP contribution is -2.30. The molecule has 29 heavy (non-hydrogen) atoms. The Labute approximate surface area is 170 Å². The number of carbonyl (C=O) groups is 2. The summed E-state index contributed by atoms with van der Waals surface area (Å²) in [5.41, 5.74) is 3.37. The molecule has 1 heterocycles. The molecular formula is C23H26N2O4. The Morgan fingerprint density at radius 2 is 1.93 bits per heavy atom. The second-order valence-corrected chi connectivity index (χ2v) is 7.73. The summed E-state index contributed by atoms with van der Waals surface area (Å²) in [7, 11) is 1.61. The molecule has 0 unspecified atom stereocenters. The van der Waals surface area contributed by atoms with Crippen molar-refractivity contribution in [3.05, 3.63) is 64.7 Å². The number of hydrogen-bond acceptors (Lipinski definition) is 5. The zero-order valence-corrected chi connectivity index (χ0v) is 17.0. The van der Waals surface area contributed by atoms with E-state index in [1.807, 2.05) is 18.2 Å². The number of ketones is 1. The third-order valence-corrected chi connectivity index (χ3v) is 4.86. The molecule has 1 aliphatic rings. The Hall–Kier alpha value is -2.99. The summed E-state index contributed by atoms with van der Waals surface area (Å²) in [6, 6.07) is 12.5. The van der Waals surface area contributed by atoms with Crippen molar-refractivity contribution in [2.45, 2.75) is 32.2 Å². The van der Waals surface area contributed by atoms with Crippen LogP contribution in [0.3, 0.4) is 0 Å². The van der Waals surface area contributed by atoms with Crippen LogP contribution in [-0.4, -0.2) is 48.3 Å². The second kappa shape index (κ2) is 8.57. The molecule has 0 atom stereocenters. The number of ether oxygens (including phenoxy) is 1. The number of aliphatic hydroxyl groups is 1. The molecule has 0 spiro atoms. The molecule has 6 heteroatoms. The van der Waals surface area contributed by atoms with Gasteiger partial charge in [0, 0.05) is 23.2 Å². The van der Waals surface area contributed by atoms with E-state index in [2.05, 4.69) is 19.2 Å². The highest BCUT2D eigenvalue weighted by atomic mass is 16.5. The summed E-state index contributed by atoms with van der Waals surface area (Å²) in [4.78, 5) is 29.9. The standard InChI is InChI=1S/C23H26N2O4/c1-23(2)14-17-7-8-18(29-3)12-19(17)20(25-23)13-21(27)15-5-4-6-16(11-15)22(28)24-9-10-26/h4-8,11-12,26H,9-10,13-14H2,1-3H3,(H,24,28). The van der Waals surface area contributed by atoms with Crippen LogP contribution in [0.1, 0.15) is 52.1 Å². The van der Waals surface area contributed by atoms with E-state index in [4.69, 9.17) is 14.8 Å². The monoisotopic (exact) mass is 394 g/mol. The molecule has 0 saturated heterocycles. The maximum absolute atomic E-state index is 13.0. The van der Waals surface area contributed by atoms with Crippen molar-refractivity contribution in [2.24, 2.45) is 4.99 Å². The molecule has 0 bridgehead atoms. The van der Waals surface area contributed by atoms with Gasteiger partial charge in [-0.05, 0) is 50.1 Å². The largest absolute Gasteiger partial charge is 0.497 e. The lowest BCUT2D eigenvalue weighted by Gasteiger charge is -2.29. The first-order valence-electron chi connectivity index (χ1n) is 9.61. The number of aliphatic imine (C=N–C) groups is 1. The Morgan fingerprint density at radius 3 is 2.66 bits per heavy atom. The van der Waals surface area contributed by atoms with Crippen molar-refractivity contribution in [1.29, 1.82) is 0 Å². The third-order valence-electron chi connectivity index (χ3n) is 4.86. The first-order valence-corrected chi connectivity index (χ1v) is 9.61. The number of amides is 1. The number of carbonyl (C=O) groups excluding carboxylic acids is 2. The van der Waals surface area contributed by atoms with Gasteiger partial charge >= 0.3 is 0 Å². The quantitative estimate of drug-likeness (QED) is 0.707. The predicted octanol–water partition coefficient (Wildman–Crippen LogP) is 2.81. The first-order chi connectivity index (χ1) is 13.8. The number of Topliss-reactive ketones (excluding diaryl/α,β-unsaturated/α-hetero) is 1. The maximum atomic E-state index is 13.0. The van der Waals surface area contributed by atoms with E-state index in [9.17, 15) is 9.59 Å². The van der Waals surface area contributed by atoms with Crippen LogP contribution in [0, 0.1) is 0 Å². The minimum atomic E-state index is -0.320. The maximum Gasteiger partial charge on any atom is 0.251 e. The van der Waals surface area contributed by atoms with E-state index in [0.29, 0.717) is 11.1 Å². The Bertz CT molecular complexity index is 963. The fourth-order valence-corrected chi connectivity index (χ4v) is 3.53. The topological polar surface area (TPSA) is 88.0 Å². The number of nitrogens with zero attached hydrogens (tertiary/aromatic N) is 1. The average molecular weight is 394 g/mol. The number of benzene rings is 2. The van der Waals surface area contributed by atoms with Gasteiger partial charge in [0.2, 0.25) is 0 Å². The van der Waals surface area contributed by atoms with Crippen LogP contribution in [0.15, 0.2) is 47.5 Å². The van der Waals surface area contributed by atoms with Crippen molar-refractivity contribution in [1.82, 2.24) is 5.32 Å². The van der Waals surface area contributed by atoms with Gasteiger partial charge in [-0.1, -0.05) is 18.2 Å². The molecule has 0 radical (unpaired) electrons. The fraction of sp³-hybridized carbons (Fsp3) is 0.348. The molecule has 6 nitrogen and oxygen atoms in total. The van der Waals surface area contributed by atoms with Gasteiger partial charge in [0.1, 0.15) is 5.75 Å². The molecule has 1 aliphatic heterocycles. The van der Waals surface area contributed by atoms with E-state index in [0.717, 1.165) is 29.0 Å². The molecule has 3 rings (SSSR count). The van der Waals surface area contributed by atoms with Gasteiger partial charge in [-0.25, -0.2) is 0 Å². The molecule has 152 valence electrons. The zero-order chi connectivity index (χ0) is 21.0. The molecule has 1 amide bonds. The number of rotatable bonds is 7. The highest BCUT2D eigenvalue weighted by Gasteiger charge is 2.28. The van der Waals surface area contributed by atoms with E-state index >= 15 is 0 Å². The molecule has 2 aromatic rings. The van der Waals surface area contributed by atoms with Crippen LogP contribution < -0.4 is 10.1 Å². The Morgan fingerprint density at radius 1 is 1.17 bits per heavy atom. The van der Waals surface area contributed by atoms with Crippen molar-refractivity contribution in [3.8, 4) is 5.75 Å². The van der Waals surface area contributed by atoms with Crippen LogP contribution in [0.5, 0.6) is 5.75 Å². The van der Waals surface area contributed by atoms with Crippen LogP contribution in [0.25, 0.3) is 0 Å². The van der Waals surface area contributed by atoms with Gasteiger partial charge in [-0.3, -0.25) is 14.6 Å². The first kappa shape index (κ1) is 20.7. The summed E-state index contributed by atoms with van der Waals surface area (Å²) in [6.07, 6.45) is 0.940. The number of hydrogen-bond donors (Lipinski definition) is 2. The van der Waals surface area contributed by atoms with Gasteiger partial charge in [-0.2, -0.15) is 0 Å². The molecule has 2 aromatic carbocycles. The van der Waals surface area contributed by atoms with Crippen LogP contribution in [-0.2, 0) is 6.42 Å². The average Bonchev–Trinajstić information content (AvgIpc) is 2.71. The van der Waals surface area contributed by atoms with Gasteiger partial charge < -0.3 is 15.2 Å². The third kappa shape index (κ3) is 4.90. The summed E-state index contributed by atoms with van der Waals surface area (Å²) in [5.74, 6) is 0.304. The smallest absolute Gasteiger partial charge is 0.251 e. The van der Waals surface area contributed by atoms with E-state index < -0.39 is 0 Å². The van der Waals surface area contributed by atoms with E-state index in [-0.39, 0.29) is 36.8 Å². The summed E-state index contributed by atoms with van der Waals surface area (Å²) < 4.78 is 5.34. The normalized spacial score (nSPS) is 14.6. The highest BCUT2D eigenvalue weighted by Crippen LogP contribution is 2.31. The highest BCUT2D eigenvalue weighted by molar-refractivity contribution is 6.17. The summed E-state index contributed by atoms with van der Waals surface area (Å²) in [6.45, 7) is 4.14. The molecular weight excluding hydrogens is 368 g/mol. The minimum absolute atomic E-state index is 0.105. The van der Waals surface area contributed by atoms with Crippen LogP contribution >= 0.6 is 0 Å². The van der Waals surface area contributed by atoms with E-state index in [1.54, 1.807) is 31.4 Å². The number of methoxy groups -OCH3 is 1. The fourth-order valence-electron chi connectivity index (χ4n) is 3.53. The van der Waals surface area contributed by atoms with Crippen molar-refractivity contribution < 1.29 is 19.4 Å². The number of nitrogens with one attached hydrogen (secondary N) is 1. The van der Waals surface area contributed by atoms with Crippen molar-refractivity contribution >= 4 is 17.4 Å². The zero-order valence-electron chi connectivity index (χ0n) is 17.0. The second-order valence-electron chi connectivity index (χ2n) is 7.73. The van der Waals surface area contributed by atoms with Gasteiger partial charge in [0.25, 0.3) is 5.91 Å². The minimum Gasteiger partial charge on any atom is -0.497 e. The predicted molar refractivity (Wildman–Crippen MR) is 112 cm³/mol. The van der Waals surface area contributed by atoms with Crippen LogP contribution in [0.2, 0.25) is 0 Å². The lowest BCUT2D eigenvalue weighted by molar-refractivity contribution is 0.0944. The Balaban J connectivity index is 1.87. The molecule has 0 aromatic heterocycles. The van der Waals surface area contributed by atoms with Gasteiger partial charge in [0.05, 0.1) is 31.4 Å². The van der Waals surface area contributed by atoms with Crippen molar-refractivity contribution in [2.75, 3.05) is 20.3 Å². The molecule has 0 fully saturated rings. The van der Waals surface area contributed by atoms with E-state index in [1.165, 1.54) is 0 Å². The van der Waals surface area contributed by atoms with Crippen molar-refractivity contribution in [3.63, 3.8) is 0 Å². The van der Waals surface area contributed by atoms with Gasteiger partial charge in [-0.15, -0.1) is 0 Å². The Kier molecular flexibility index (Phi) is 6.13. The SMILES string of the molecule is COc1ccc2c(c1)C(CC(=O)c1cccc(C(=O)NCCO)c1)=NC(C)(C)C2. The number of fused-ring (bicyclic) bond motifs is 1. The summed E-state index contributed by atoms with van der Waals surface area (Å²) >= 11 is 0. The summed E-state index contributed by atoms with van der Waals surface area (Å²) in [5, 5.41) is 11.5. The molecule has 2 N–H and O–H groups in total. The molecule has 0 aliphatic carbocycles. The van der Waals surface area contributed by atoms with Gasteiger partial charge in [0.15, 0.2) is 5.78 Å². The number of aliphatic hydroxyl groups excluding tert-OH is 1.